The number of benzene rings is 1. The van der Waals surface area contributed by atoms with Gasteiger partial charge in [-0.1, -0.05) is 12.1 Å². The monoisotopic (exact) mass is 411 g/mol. The Bertz CT molecular complexity index is 958. The second-order valence-electron chi connectivity index (χ2n) is 8.13. The fourth-order valence-corrected chi connectivity index (χ4v) is 4.42. The Balaban J connectivity index is 1.32. The van der Waals surface area contributed by atoms with Gasteiger partial charge in [-0.05, 0) is 36.6 Å². The number of methoxy groups -OCH3 is 1. The van der Waals surface area contributed by atoms with Gasteiger partial charge in [-0.3, -0.25) is 14.6 Å². The lowest BCUT2D eigenvalue weighted by Gasteiger charge is -2.34. The molecule has 2 aliphatic rings. The fraction of sp³-hybridized carbons (Fsp3) is 0.478. The van der Waals surface area contributed by atoms with Crippen LogP contribution in [0.25, 0.3) is 0 Å². The lowest BCUT2D eigenvalue weighted by molar-refractivity contribution is 0.0599. The van der Waals surface area contributed by atoms with Crippen LogP contribution in [0.2, 0.25) is 0 Å². The van der Waals surface area contributed by atoms with Gasteiger partial charge in [0.1, 0.15) is 5.75 Å². The van der Waals surface area contributed by atoms with Gasteiger partial charge in [0.15, 0.2) is 5.78 Å². The Morgan fingerprint density at radius 1 is 1.13 bits per heavy atom. The van der Waals surface area contributed by atoms with Crippen LogP contribution in [0.4, 0.5) is 0 Å². The largest absolute Gasteiger partial charge is 0.493 e. The molecule has 0 spiro atoms. The predicted octanol–water partition coefficient (Wildman–Crippen LogP) is 2.35. The quantitative estimate of drug-likeness (QED) is 0.581. The maximum absolute atomic E-state index is 12.8. The molecule has 0 aliphatic carbocycles. The first kappa shape index (κ1) is 20.6. The molecule has 0 radical (unpaired) electrons. The van der Waals surface area contributed by atoms with Gasteiger partial charge in [0, 0.05) is 44.8 Å². The van der Waals surface area contributed by atoms with Gasteiger partial charge >= 0.3 is 5.97 Å². The molecule has 1 aromatic heterocycles. The summed E-state index contributed by atoms with van der Waals surface area (Å²) in [7, 11) is 1.35. The highest BCUT2D eigenvalue weighted by Crippen LogP contribution is 2.26. The molecule has 0 saturated carbocycles. The molecule has 1 saturated heterocycles. The fourth-order valence-electron chi connectivity index (χ4n) is 4.42. The SMILES string of the molecule is COC(=O)c1c(C)[nH]c(C(=O)CN2CCN(Cc3ccc4c(c3)CCO4)CC2)c1C. The molecule has 7 nitrogen and oxygen atoms in total. The minimum absolute atomic E-state index is 0.0119. The molecule has 7 heteroatoms. The number of carbonyl (C=O) groups is 2. The molecule has 4 rings (SSSR count). The smallest absolute Gasteiger partial charge is 0.339 e. The Kier molecular flexibility index (Phi) is 5.92. The highest BCUT2D eigenvalue weighted by Gasteiger charge is 2.25. The van der Waals surface area contributed by atoms with Crippen molar-refractivity contribution >= 4 is 11.8 Å². The number of ketones is 1. The zero-order valence-electron chi connectivity index (χ0n) is 17.9. The average molecular weight is 412 g/mol. The van der Waals surface area contributed by atoms with Crippen LogP contribution in [0.1, 0.15) is 43.2 Å². The van der Waals surface area contributed by atoms with Crippen LogP contribution in [0, 0.1) is 13.8 Å². The summed E-state index contributed by atoms with van der Waals surface area (Å²) in [5.74, 6) is 0.622. The molecule has 0 unspecified atom stereocenters. The van der Waals surface area contributed by atoms with E-state index in [0.717, 1.165) is 51.5 Å². The second-order valence-corrected chi connectivity index (χ2v) is 8.13. The Labute approximate surface area is 177 Å². The molecular formula is C23H29N3O4. The van der Waals surface area contributed by atoms with E-state index in [9.17, 15) is 9.59 Å². The maximum atomic E-state index is 12.8. The summed E-state index contributed by atoms with van der Waals surface area (Å²) in [6, 6.07) is 6.48. The van der Waals surface area contributed by atoms with Crippen molar-refractivity contribution in [1.82, 2.24) is 14.8 Å². The third-order valence-corrected chi connectivity index (χ3v) is 6.10. The lowest BCUT2D eigenvalue weighted by atomic mass is 10.1. The zero-order valence-corrected chi connectivity index (χ0v) is 17.9. The van der Waals surface area contributed by atoms with Gasteiger partial charge in [-0.2, -0.15) is 0 Å². The van der Waals surface area contributed by atoms with Crippen molar-refractivity contribution in [2.24, 2.45) is 0 Å². The highest BCUT2D eigenvalue weighted by atomic mass is 16.5. The topological polar surface area (TPSA) is 74.9 Å². The minimum Gasteiger partial charge on any atom is -0.493 e. The van der Waals surface area contributed by atoms with Crippen molar-refractivity contribution in [3.8, 4) is 5.75 Å². The normalized spacial score (nSPS) is 16.9. The number of carbonyl (C=O) groups excluding carboxylic acids is 2. The number of H-pyrrole nitrogens is 1. The lowest BCUT2D eigenvalue weighted by Crippen LogP contribution is -2.47. The number of rotatable bonds is 6. The van der Waals surface area contributed by atoms with Crippen LogP contribution in [0.15, 0.2) is 18.2 Å². The molecule has 0 amide bonds. The van der Waals surface area contributed by atoms with Gasteiger partial charge in [0.2, 0.25) is 0 Å². The first-order valence-electron chi connectivity index (χ1n) is 10.5. The standard InChI is InChI=1S/C23H29N3O4/c1-15-21(23(28)29-3)16(2)24-22(15)19(27)14-26-9-7-25(8-10-26)13-17-4-5-20-18(12-17)6-11-30-20/h4-5,12,24H,6-11,13-14H2,1-3H3. The second kappa shape index (κ2) is 8.62. The molecule has 1 aromatic carbocycles. The van der Waals surface area contributed by atoms with E-state index in [4.69, 9.17) is 9.47 Å². The molecule has 30 heavy (non-hydrogen) atoms. The van der Waals surface area contributed by atoms with Crippen LogP contribution < -0.4 is 4.74 Å². The van der Waals surface area contributed by atoms with E-state index in [1.165, 1.54) is 18.2 Å². The van der Waals surface area contributed by atoms with Crippen LogP contribution in [0.5, 0.6) is 5.75 Å². The molecule has 0 bridgehead atoms. The zero-order chi connectivity index (χ0) is 21.3. The van der Waals surface area contributed by atoms with Crippen LogP contribution >= 0.6 is 0 Å². The van der Waals surface area contributed by atoms with E-state index >= 15 is 0 Å². The molecule has 1 N–H and O–H groups in total. The van der Waals surface area contributed by atoms with Crippen LogP contribution in [-0.4, -0.2) is 73.0 Å². The predicted molar refractivity (Wildman–Crippen MR) is 113 cm³/mol. The number of Topliss-reactive ketones (excluding diaryl/α,β-unsaturated/α-hetero) is 1. The minimum atomic E-state index is -0.410. The number of piperazine rings is 1. The highest BCUT2D eigenvalue weighted by molar-refractivity contribution is 6.02. The van der Waals surface area contributed by atoms with Crippen molar-refractivity contribution in [1.29, 1.82) is 0 Å². The van der Waals surface area contributed by atoms with Gasteiger partial charge in [0.25, 0.3) is 0 Å². The Morgan fingerprint density at radius 3 is 2.60 bits per heavy atom. The molecule has 3 heterocycles. The van der Waals surface area contributed by atoms with Crippen molar-refractivity contribution in [3.63, 3.8) is 0 Å². The number of esters is 1. The molecule has 2 aromatic rings. The summed E-state index contributed by atoms with van der Waals surface area (Å²) < 4.78 is 10.4. The van der Waals surface area contributed by atoms with E-state index in [-0.39, 0.29) is 5.78 Å². The molecule has 160 valence electrons. The molecule has 1 fully saturated rings. The summed E-state index contributed by atoms with van der Waals surface area (Å²) in [6.45, 7) is 9.20. The van der Waals surface area contributed by atoms with Gasteiger partial charge in [-0.25, -0.2) is 4.79 Å². The third kappa shape index (κ3) is 4.13. The van der Waals surface area contributed by atoms with E-state index < -0.39 is 5.97 Å². The summed E-state index contributed by atoms with van der Waals surface area (Å²) in [5.41, 5.74) is 4.94. The van der Waals surface area contributed by atoms with Gasteiger partial charge < -0.3 is 14.5 Å². The summed E-state index contributed by atoms with van der Waals surface area (Å²) >= 11 is 0. The number of aromatic amines is 1. The first-order valence-corrected chi connectivity index (χ1v) is 10.5. The van der Waals surface area contributed by atoms with Crippen molar-refractivity contribution in [3.05, 3.63) is 51.8 Å². The van der Waals surface area contributed by atoms with E-state index in [1.54, 1.807) is 13.8 Å². The van der Waals surface area contributed by atoms with Crippen molar-refractivity contribution < 1.29 is 19.1 Å². The number of ether oxygens (including phenoxy) is 2. The Hall–Kier alpha value is -2.64. The summed E-state index contributed by atoms with van der Waals surface area (Å²) in [6.07, 6.45) is 0.994. The number of fused-ring (bicyclic) bond motifs is 1. The van der Waals surface area contributed by atoms with Gasteiger partial charge in [-0.15, -0.1) is 0 Å². The molecular weight excluding hydrogens is 382 g/mol. The van der Waals surface area contributed by atoms with Crippen molar-refractivity contribution in [2.45, 2.75) is 26.8 Å². The maximum Gasteiger partial charge on any atom is 0.339 e. The molecule has 0 atom stereocenters. The van der Waals surface area contributed by atoms with E-state index in [0.29, 0.717) is 29.1 Å². The third-order valence-electron chi connectivity index (χ3n) is 6.10. The number of nitrogens with zero attached hydrogens (tertiary/aromatic N) is 2. The van der Waals surface area contributed by atoms with E-state index in [2.05, 4.69) is 33.0 Å². The summed E-state index contributed by atoms with van der Waals surface area (Å²) in [4.78, 5) is 32.5. The number of hydrogen-bond donors (Lipinski definition) is 1. The first-order chi connectivity index (χ1) is 14.5. The Morgan fingerprint density at radius 2 is 1.87 bits per heavy atom. The average Bonchev–Trinajstić information content (AvgIpc) is 3.32. The van der Waals surface area contributed by atoms with Gasteiger partial charge in [0.05, 0.1) is 31.5 Å². The molecule has 2 aliphatic heterocycles. The summed E-state index contributed by atoms with van der Waals surface area (Å²) in [5, 5.41) is 0. The van der Waals surface area contributed by atoms with Crippen LogP contribution in [0.3, 0.4) is 0 Å². The van der Waals surface area contributed by atoms with Crippen LogP contribution in [-0.2, 0) is 17.7 Å². The van der Waals surface area contributed by atoms with E-state index in [1.807, 2.05) is 0 Å². The van der Waals surface area contributed by atoms with Crippen molar-refractivity contribution in [2.75, 3.05) is 46.4 Å². The number of nitrogens with one attached hydrogen (secondary N) is 1. The number of aromatic nitrogens is 1. The number of hydrogen-bond acceptors (Lipinski definition) is 6. The number of aryl methyl sites for hydroxylation is 1.